The molecule has 0 atom stereocenters. The first-order valence-corrected chi connectivity index (χ1v) is 6.78. The molecule has 0 aliphatic rings. The van der Waals surface area contributed by atoms with Crippen LogP contribution in [0.3, 0.4) is 0 Å². The van der Waals surface area contributed by atoms with Crippen LogP contribution in [-0.2, 0) is 0 Å². The molecule has 2 aromatic carbocycles. The van der Waals surface area contributed by atoms with Gasteiger partial charge in [0, 0.05) is 12.2 Å². The number of hydrogen-bond donors (Lipinski definition) is 1. The first-order valence-electron chi connectivity index (χ1n) is 6.40. The van der Waals surface area contributed by atoms with Gasteiger partial charge in [-0.2, -0.15) is 0 Å². The Morgan fingerprint density at radius 3 is 2.45 bits per heavy atom. The number of aryl methyl sites for hydroxylation is 1. The molecule has 0 bridgehead atoms. The minimum absolute atomic E-state index is 0.194. The summed E-state index contributed by atoms with van der Waals surface area (Å²) in [6, 6.07) is 12.8. The number of carboxylic acid groups (broad SMARTS) is 1. The zero-order valence-corrected chi connectivity index (χ0v) is 12.2. The van der Waals surface area contributed by atoms with Crippen molar-refractivity contribution in [3.05, 3.63) is 58.6 Å². The van der Waals surface area contributed by atoms with Crippen LogP contribution in [0.1, 0.15) is 22.8 Å². The zero-order valence-electron chi connectivity index (χ0n) is 11.4. The maximum Gasteiger partial charge on any atom is 0.335 e. The van der Waals surface area contributed by atoms with Crippen molar-refractivity contribution in [1.82, 2.24) is 0 Å². The van der Waals surface area contributed by atoms with E-state index >= 15 is 0 Å². The molecule has 0 fully saturated rings. The van der Waals surface area contributed by atoms with Gasteiger partial charge in [0.2, 0.25) is 0 Å². The molecule has 0 spiro atoms. The molecule has 4 heteroatoms. The van der Waals surface area contributed by atoms with Gasteiger partial charge in [0.1, 0.15) is 0 Å². The second-order valence-electron chi connectivity index (χ2n) is 4.50. The SMILES string of the molecule is CCN(c1ccccc1C)c1ccc(C(=O)O)cc1Cl. The Morgan fingerprint density at radius 2 is 1.90 bits per heavy atom. The van der Waals surface area contributed by atoms with Gasteiger partial charge in [-0.05, 0) is 43.7 Å². The Morgan fingerprint density at radius 1 is 1.20 bits per heavy atom. The molecule has 2 rings (SSSR count). The highest BCUT2D eigenvalue weighted by atomic mass is 35.5. The lowest BCUT2D eigenvalue weighted by Gasteiger charge is -2.26. The largest absolute Gasteiger partial charge is 0.478 e. The molecule has 0 amide bonds. The van der Waals surface area contributed by atoms with Gasteiger partial charge < -0.3 is 10.0 Å². The van der Waals surface area contributed by atoms with E-state index in [1.54, 1.807) is 12.1 Å². The second-order valence-corrected chi connectivity index (χ2v) is 4.91. The molecule has 0 unspecified atom stereocenters. The first kappa shape index (κ1) is 14.4. The molecule has 20 heavy (non-hydrogen) atoms. The molecule has 104 valence electrons. The molecule has 0 radical (unpaired) electrons. The maximum absolute atomic E-state index is 11.0. The monoisotopic (exact) mass is 289 g/mol. The van der Waals surface area contributed by atoms with Crippen molar-refractivity contribution in [2.24, 2.45) is 0 Å². The van der Waals surface area contributed by atoms with Crippen molar-refractivity contribution in [3.63, 3.8) is 0 Å². The van der Waals surface area contributed by atoms with Gasteiger partial charge in [0.15, 0.2) is 0 Å². The van der Waals surface area contributed by atoms with E-state index in [9.17, 15) is 4.79 Å². The molecule has 2 aromatic rings. The topological polar surface area (TPSA) is 40.5 Å². The molecule has 0 heterocycles. The lowest BCUT2D eigenvalue weighted by Crippen LogP contribution is -2.17. The second kappa shape index (κ2) is 5.97. The highest BCUT2D eigenvalue weighted by molar-refractivity contribution is 6.33. The number of aromatic carboxylic acids is 1. The summed E-state index contributed by atoms with van der Waals surface area (Å²) in [5.41, 5.74) is 3.22. The smallest absolute Gasteiger partial charge is 0.335 e. The van der Waals surface area contributed by atoms with Crippen LogP contribution < -0.4 is 4.90 Å². The fourth-order valence-corrected chi connectivity index (χ4v) is 2.48. The Kier molecular flexibility index (Phi) is 4.30. The van der Waals surface area contributed by atoms with Crippen LogP contribution in [0.15, 0.2) is 42.5 Å². The van der Waals surface area contributed by atoms with Crippen molar-refractivity contribution in [2.45, 2.75) is 13.8 Å². The van der Waals surface area contributed by atoms with Gasteiger partial charge in [-0.15, -0.1) is 0 Å². The number of halogens is 1. The van der Waals surface area contributed by atoms with E-state index < -0.39 is 5.97 Å². The van der Waals surface area contributed by atoms with E-state index in [0.29, 0.717) is 5.02 Å². The minimum atomic E-state index is -0.975. The average Bonchev–Trinajstić information content (AvgIpc) is 2.43. The molecular formula is C16H16ClNO2. The highest BCUT2D eigenvalue weighted by Crippen LogP contribution is 2.33. The summed E-state index contributed by atoms with van der Waals surface area (Å²) < 4.78 is 0. The fraction of sp³-hybridized carbons (Fsp3) is 0.188. The van der Waals surface area contributed by atoms with Crippen molar-refractivity contribution < 1.29 is 9.90 Å². The van der Waals surface area contributed by atoms with E-state index in [1.165, 1.54) is 6.07 Å². The Labute approximate surface area is 123 Å². The van der Waals surface area contributed by atoms with Crippen LogP contribution >= 0.6 is 11.6 Å². The van der Waals surface area contributed by atoms with Crippen LogP contribution in [-0.4, -0.2) is 17.6 Å². The third kappa shape index (κ3) is 2.78. The highest BCUT2D eigenvalue weighted by Gasteiger charge is 2.14. The molecule has 0 saturated carbocycles. The van der Waals surface area contributed by atoms with Gasteiger partial charge >= 0.3 is 5.97 Å². The summed E-state index contributed by atoms with van der Waals surface area (Å²) in [6.07, 6.45) is 0. The summed E-state index contributed by atoms with van der Waals surface area (Å²) in [5, 5.41) is 9.42. The third-order valence-corrected chi connectivity index (χ3v) is 3.51. The third-order valence-electron chi connectivity index (χ3n) is 3.21. The molecular weight excluding hydrogens is 274 g/mol. The number of carboxylic acids is 1. The normalized spacial score (nSPS) is 10.3. The van der Waals surface area contributed by atoms with Crippen LogP contribution in [0.2, 0.25) is 5.02 Å². The van der Waals surface area contributed by atoms with E-state index in [4.69, 9.17) is 16.7 Å². The predicted octanol–water partition coefficient (Wildman–Crippen LogP) is 4.50. The molecule has 1 N–H and O–H groups in total. The lowest BCUT2D eigenvalue weighted by molar-refractivity contribution is 0.0697. The average molecular weight is 290 g/mol. The Hall–Kier alpha value is -2.00. The zero-order chi connectivity index (χ0) is 14.7. The molecule has 0 aromatic heterocycles. The number of nitrogens with zero attached hydrogens (tertiary/aromatic N) is 1. The number of benzene rings is 2. The van der Waals surface area contributed by atoms with E-state index in [-0.39, 0.29) is 5.56 Å². The van der Waals surface area contributed by atoms with Crippen molar-refractivity contribution in [1.29, 1.82) is 0 Å². The fourth-order valence-electron chi connectivity index (χ4n) is 2.20. The van der Waals surface area contributed by atoms with Crippen molar-refractivity contribution in [3.8, 4) is 0 Å². The number of rotatable bonds is 4. The standard InChI is InChI=1S/C16H16ClNO2/c1-3-18(14-7-5-4-6-11(14)2)15-9-8-12(16(19)20)10-13(15)17/h4-10H,3H2,1-2H3,(H,19,20). The number of carbonyl (C=O) groups is 1. The summed E-state index contributed by atoms with van der Waals surface area (Å²) in [6.45, 7) is 4.82. The first-order chi connectivity index (χ1) is 9.54. The van der Waals surface area contributed by atoms with Gasteiger partial charge in [-0.1, -0.05) is 29.8 Å². The lowest BCUT2D eigenvalue weighted by atomic mass is 10.1. The molecule has 0 aliphatic heterocycles. The molecule has 3 nitrogen and oxygen atoms in total. The summed E-state index contributed by atoms with van der Waals surface area (Å²) in [5.74, 6) is -0.975. The summed E-state index contributed by atoms with van der Waals surface area (Å²) in [4.78, 5) is 13.0. The number of anilines is 2. The number of hydrogen-bond acceptors (Lipinski definition) is 2. The van der Waals surface area contributed by atoms with Crippen LogP contribution in [0.4, 0.5) is 11.4 Å². The van der Waals surface area contributed by atoms with Crippen LogP contribution in [0.5, 0.6) is 0 Å². The van der Waals surface area contributed by atoms with E-state index in [2.05, 4.69) is 4.90 Å². The minimum Gasteiger partial charge on any atom is -0.478 e. The Bertz CT molecular complexity index is 640. The van der Waals surface area contributed by atoms with Crippen molar-refractivity contribution in [2.75, 3.05) is 11.4 Å². The van der Waals surface area contributed by atoms with Crippen LogP contribution in [0.25, 0.3) is 0 Å². The van der Waals surface area contributed by atoms with E-state index in [0.717, 1.165) is 23.5 Å². The van der Waals surface area contributed by atoms with Gasteiger partial charge in [0.25, 0.3) is 0 Å². The summed E-state index contributed by atoms with van der Waals surface area (Å²) >= 11 is 6.24. The molecule has 0 saturated heterocycles. The predicted molar refractivity (Wildman–Crippen MR) is 82.3 cm³/mol. The van der Waals surface area contributed by atoms with Crippen LogP contribution in [0, 0.1) is 6.92 Å². The number of para-hydroxylation sites is 1. The van der Waals surface area contributed by atoms with Gasteiger partial charge in [-0.25, -0.2) is 4.79 Å². The van der Waals surface area contributed by atoms with E-state index in [1.807, 2.05) is 38.1 Å². The molecule has 0 aliphatic carbocycles. The Balaban J connectivity index is 2.48. The van der Waals surface area contributed by atoms with Gasteiger partial charge in [-0.3, -0.25) is 0 Å². The van der Waals surface area contributed by atoms with Gasteiger partial charge in [0.05, 0.1) is 16.3 Å². The summed E-state index contributed by atoms with van der Waals surface area (Å²) in [7, 11) is 0. The maximum atomic E-state index is 11.0. The quantitative estimate of drug-likeness (QED) is 0.900. The van der Waals surface area contributed by atoms with Crippen molar-refractivity contribution >= 4 is 28.9 Å².